The summed E-state index contributed by atoms with van der Waals surface area (Å²) in [6.45, 7) is 5.92. The normalized spacial score (nSPS) is 10.7. The number of aromatic nitrogens is 2. The SMILES string of the molecule is CCCCCn1ncc(CN)c1C. The fourth-order valence-corrected chi connectivity index (χ4v) is 1.42. The lowest BCUT2D eigenvalue weighted by molar-refractivity contribution is 0.541. The number of aryl methyl sites for hydroxylation is 1. The lowest BCUT2D eigenvalue weighted by atomic mass is 10.2. The molecule has 0 bridgehead atoms. The van der Waals surface area contributed by atoms with E-state index < -0.39 is 0 Å². The molecule has 3 nitrogen and oxygen atoms in total. The maximum atomic E-state index is 5.57. The minimum Gasteiger partial charge on any atom is -0.326 e. The minimum absolute atomic E-state index is 0.597. The van der Waals surface area contributed by atoms with Gasteiger partial charge in [-0.1, -0.05) is 19.8 Å². The smallest absolute Gasteiger partial charge is 0.0537 e. The molecule has 0 saturated carbocycles. The molecule has 1 heterocycles. The van der Waals surface area contributed by atoms with Gasteiger partial charge < -0.3 is 5.73 Å². The molecular formula is C10H19N3. The lowest BCUT2D eigenvalue weighted by Crippen LogP contribution is -2.04. The molecule has 3 heteroatoms. The van der Waals surface area contributed by atoms with Crippen LogP contribution in [0, 0.1) is 6.92 Å². The van der Waals surface area contributed by atoms with E-state index >= 15 is 0 Å². The van der Waals surface area contributed by atoms with Crippen LogP contribution < -0.4 is 5.73 Å². The third-order valence-electron chi connectivity index (χ3n) is 2.40. The Morgan fingerprint density at radius 2 is 2.23 bits per heavy atom. The molecule has 13 heavy (non-hydrogen) atoms. The summed E-state index contributed by atoms with van der Waals surface area (Å²) >= 11 is 0. The Morgan fingerprint density at radius 3 is 2.77 bits per heavy atom. The summed E-state index contributed by atoms with van der Waals surface area (Å²) in [6.07, 6.45) is 5.62. The molecule has 74 valence electrons. The molecule has 1 aromatic rings. The summed E-state index contributed by atoms with van der Waals surface area (Å²) in [7, 11) is 0. The Bertz CT molecular complexity index is 253. The average Bonchev–Trinajstić information content (AvgIpc) is 2.48. The molecule has 0 amide bonds. The molecule has 0 atom stereocenters. The second-order valence-corrected chi connectivity index (χ2v) is 3.39. The van der Waals surface area contributed by atoms with E-state index in [1.165, 1.54) is 25.0 Å². The van der Waals surface area contributed by atoms with Gasteiger partial charge in [-0.25, -0.2) is 0 Å². The van der Waals surface area contributed by atoms with Crippen molar-refractivity contribution in [1.29, 1.82) is 0 Å². The van der Waals surface area contributed by atoms with Crippen molar-refractivity contribution in [2.75, 3.05) is 0 Å². The van der Waals surface area contributed by atoms with E-state index in [-0.39, 0.29) is 0 Å². The zero-order valence-electron chi connectivity index (χ0n) is 8.58. The summed E-state index contributed by atoms with van der Waals surface area (Å²) < 4.78 is 2.05. The Kier molecular flexibility index (Phi) is 3.96. The largest absolute Gasteiger partial charge is 0.326 e. The molecule has 0 aromatic carbocycles. The molecule has 2 N–H and O–H groups in total. The Balaban J connectivity index is 2.51. The van der Waals surface area contributed by atoms with Gasteiger partial charge in [-0.2, -0.15) is 5.10 Å². The molecule has 0 aliphatic heterocycles. The molecule has 0 unspecified atom stereocenters. The highest BCUT2D eigenvalue weighted by atomic mass is 15.3. The second-order valence-electron chi connectivity index (χ2n) is 3.39. The first-order valence-corrected chi connectivity index (χ1v) is 5.01. The fourth-order valence-electron chi connectivity index (χ4n) is 1.42. The van der Waals surface area contributed by atoms with Crippen LogP contribution in [0.5, 0.6) is 0 Å². The quantitative estimate of drug-likeness (QED) is 0.704. The van der Waals surface area contributed by atoms with E-state index in [2.05, 4.69) is 23.6 Å². The van der Waals surface area contributed by atoms with Gasteiger partial charge in [0.1, 0.15) is 0 Å². The van der Waals surface area contributed by atoms with Gasteiger partial charge >= 0.3 is 0 Å². The molecule has 0 fully saturated rings. The predicted octanol–water partition coefficient (Wildman–Crippen LogP) is 1.84. The molecule has 0 saturated heterocycles. The first-order chi connectivity index (χ1) is 6.29. The number of nitrogens with zero attached hydrogens (tertiary/aromatic N) is 2. The number of unbranched alkanes of at least 4 members (excludes halogenated alkanes) is 2. The third-order valence-corrected chi connectivity index (χ3v) is 2.40. The van der Waals surface area contributed by atoms with E-state index in [0.29, 0.717) is 6.54 Å². The van der Waals surface area contributed by atoms with E-state index in [0.717, 1.165) is 12.1 Å². The van der Waals surface area contributed by atoms with Crippen LogP contribution in [-0.2, 0) is 13.1 Å². The van der Waals surface area contributed by atoms with Crippen molar-refractivity contribution in [2.24, 2.45) is 5.73 Å². The number of hydrogen-bond donors (Lipinski definition) is 1. The van der Waals surface area contributed by atoms with E-state index in [1.807, 2.05) is 6.20 Å². The first kappa shape index (κ1) is 10.3. The second kappa shape index (κ2) is 5.02. The Hall–Kier alpha value is -0.830. The molecule has 1 aromatic heterocycles. The summed E-state index contributed by atoms with van der Waals surface area (Å²) in [6, 6.07) is 0. The Morgan fingerprint density at radius 1 is 1.46 bits per heavy atom. The van der Waals surface area contributed by atoms with Crippen molar-refractivity contribution in [2.45, 2.75) is 46.2 Å². The average molecular weight is 181 g/mol. The fraction of sp³-hybridized carbons (Fsp3) is 0.700. The molecule has 0 spiro atoms. The standard InChI is InChI=1S/C10H19N3/c1-3-4-5-6-13-9(2)10(7-11)8-12-13/h8H,3-7,11H2,1-2H3. The highest BCUT2D eigenvalue weighted by molar-refractivity contribution is 5.15. The molecule has 1 rings (SSSR count). The van der Waals surface area contributed by atoms with Crippen LogP contribution in [0.4, 0.5) is 0 Å². The maximum Gasteiger partial charge on any atom is 0.0537 e. The third kappa shape index (κ3) is 2.56. The maximum absolute atomic E-state index is 5.57. The highest BCUT2D eigenvalue weighted by Crippen LogP contribution is 2.07. The molecular weight excluding hydrogens is 162 g/mol. The van der Waals surface area contributed by atoms with Gasteiger partial charge in [0.25, 0.3) is 0 Å². The summed E-state index contributed by atoms with van der Waals surface area (Å²) in [5, 5.41) is 4.30. The monoisotopic (exact) mass is 181 g/mol. The van der Waals surface area contributed by atoms with Gasteiger partial charge in [0.15, 0.2) is 0 Å². The van der Waals surface area contributed by atoms with Gasteiger partial charge in [-0.3, -0.25) is 4.68 Å². The Labute approximate surface area is 79.9 Å². The van der Waals surface area contributed by atoms with Crippen molar-refractivity contribution in [3.8, 4) is 0 Å². The summed E-state index contributed by atoms with van der Waals surface area (Å²) in [4.78, 5) is 0. The van der Waals surface area contributed by atoms with Gasteiger partial charge in [-0.05, 0) is 13.3 Å². The minimum atomic E-state index is 0.597. The number of rotatable bonds is 5. The highest BCUT2D eigenvalue weighted by Gasteiger charge is 2.03. The van der Waals surface area contributed by atoms with Crippen LogP contribution in [0.3, 0.4) is 0 Å². The number of hydrogen-bond acceptors (Lipinski definition) is 2. The number of nitrogens with two attached hydrogens (primary N) is 1. The van der Waals surface area contributed by atoms with Gasteiger partial charge in [0.2, 0.25) is 0 Å². The van der Waals surface area contributed by atoms with E-state index in [9.17, 15) is 0 Å². The lowest BCUT2D eigenvalue weighted by Gasteiger charge is -2.03. The van der Waals surface area contributed by atoms with E-state index in [4.69, 9.17) is 5.73 Å². The van der Waals surface area contributed by atoms with Gasteiger partial charge in [0.05, 0.1) is 6.20 Å². The van der Waals surface area contributed by atoms with Crippen molar-refractivity contribution in [3.05, 3.63) is 17.5 Å². The zero-order chi connectivity index (χ0) is 9.68. The zero-order valence-corrected chi connectivity index (χ0v) is 8.58. The van der Waals surface area contributed by atoms with Crippen molar-refractivity contribution >= 4 is 0 Å². The van der Waals surface area contributed by atoms with Gasteiger partial charge in [0, 0.05) is 24.3 Å². The summed E-state index contributed by atoms with van der Waals surface area (Å²) in [5.74, 6) is 0. The van der Waals surface area contributed by atoms with Crippen LogP contribution in [-0.4, -0.2) is 9.78 Å². The van der Waals surface area contributed by atoms with Crippen LogP contribution in [0.15, 0.2) is 6.20 Å². The van der Waals surface area contributed by atoms with E-state index in [1.54, 1.807) is 0 Å². The van der Waals surface area contributed by atoms with Crippen molar-refractivity contribution in [3.63, 3.8) is 0 Å². The first-order valence-electron chi connectivity index (χ1n) is 5.01. The van der Waals surface area contributed by atoms with Crippen LogP contribution in [0.2, 0.25) is 0 Å². The van der Waals surface area contributed by atoms with Crippen molar-refractivity contribution in [1.82, 2.24) is 9.78 Å². The molecule has 0 aliphatic rings. The van der Waals surface area contributed by atoms with Crippen LogP contribution in [0.25, 0.3) is 0 Å². The molecule has 0 aliphatic carbocycles. The summed E-state index contributed by atoms with van der Waals surface area (Å²) in [5.41, 5.74) is 7.95. The van der Waals surface area contributed by atoms with Crippen LogP contribution >= 0.6 is 0 Å². The molecule has 0 radical (unpaired) electrons. The van der Waals surface area contributed by atoms with Crippen LogP contribution in [0.1, 0.15) is 37.4 Å². The van der Waals surface area contributed by atoms with Gasteiger partial charge in [-0.15, -0.1) is 0 Å². The van der Waals surface area contributed by atoms with Crippen molar-refractivity contribution < 1.29 is 0 Å². The predicted molar refractivity (Wildman–Crippen MR) is 54.4 cm³/mol. The topological polar surface area (TPSA) is 43.8 Å².